The molecule has 1 heterocycles. The van der Waals surface area contributed by atoms with Crippen LogP contribution < -0.4 is 4.74 Å². The fourth-order valence-corrected chi connectivity index (χ4v) is 4.38. The number of ether oxygens (including phenoxy) is 2. The van der Waals surface area contributed by atoms with Gasteiger partial charge < -0.3 is 9.47 Å². The van der Waals surface area contributed by atoms with Gasteiger partial charge in [0.25, 0.3) is 0 Å². The van der Waals surface area contributed by atoms with Crippen LogP contribution in [0.3, 0.4) is 0 Å². The monoisotopic (exact) mass is 545 g/mol. The highest BCUT2D eigenvalue weighted by molar-refractivity contribution is 9.11. The minimum absolute atomic E-state index is 0.238. The third-order valence-corrected chi connectivity index (χ3v) is 5.69. The van der Waals surface area contributed by atoms with Gasteiger partial charge in [0.2, 0.25) is 5.90 Å². The molecule has 0 atom stereocenters. The molecule has 0 saturated carbocycles. The van der Waals surface area contributed by atoms with Crippen LogP contribution in [-0.2, 0) is 16.1 Å². The molecule has 4 rings (SSSR count). The highest BCUT2D eigenvalue weighted by Crippen LogP contribution is 2.36. The van der Waals surface area contributed by atoms with Crippen LogP contribution in [0.2, 0.25) is 5.02 Å². The van der Waals surface area contributed by atoms with E-state index in [2.05, 4.69) is 36.9 Å². The normalized spacial score (nSPS) is 14.6. The van der Waals surface area contributed by atoms with Crippen LogP contribution in [0.5, 0.6) is 5.75 Å². The summed E-state index contributed by atoms with van der Waals surface area (Å²) in [6, 6.07) is 20.5. The van der Waals surface area contributed by atoms with Crippen molar-refractivity contribution in [2.45, 2.75) is 6.61 Å². The van der Waals surface area contributed by atoms with Crippen LogP contribution in [0.15, 0.2) is 86.4 Å². The number of halogens is 3. The second kappa shape index (κ2) is 9.16. The first-order valence-corrected chi connectivity index (χ1v) is 10.9. The summed E-state index contributed by atoms with van der Waals surface area (Å²) < 4.78 is 12.7. The summed E-state index contributed by atoms with van der Waals surface area (Å²) in [7, 11) is 0. The minimum atomic E-state index is -0.482. The van der Waals surface area contributed by atoms with Crippen molar-refractivity contribution >= 4 is 61.4 Å². The molecule has 1 aliphatic heterocycles. The quantitative estimate of drug-likeness (QED) is 0.261. The maximum absolute atomic E-state index is 12.2. The third kappa shape index (κ3) is 4.83. The lowest BCUT2D eigenvalue weighted by Crippen LogP contribution is -2.04. The number of benzene rings is 3. The molecule has 7 heteroatoms. The van der Waals surface area contributed by atoms with Gasteiger partial charge in [0, 0.05) is 10.6 Å². The number of rotatable bonds is 5. The van der Waals surface area contributed by atoms with E-state index < -0.39 is 5.97 Å². The molecule has 0 N–H and O–H groups in total. The van der Waals surface area contributed by atoms with Gasteiger partial charge in [-0.15, -0.1) is 0 Å². The van der Waals surface area contributed by atoms with Gasteiger partial charge in [-0.2, -0.15) is 0 Å². The Balaban J connectivity index is 1.55. The van der Waals surface area contributed by atoms with Crippen molar-refractivity contribution in [3.8, 4) is 5.75 Å². The van der Waals surface area contributed by atoms with E-state index in [1.807, 2.05) is 66.7 Å². The number of carbonyl (C=O) groups excluding carboxylic acids is 1. The predicted molar refractivity (Wildman–Crippen MR) is 125 cm³/mol. The van der Waals surface area contributed by atoms with E-state index in [9.17, 15) is 4.79 Å². The number of carbonyl (C=O) groups is 1. The van der Waals surface area contributed by atoms with Gasteiger partial charge in [-0.3, -0.25) is 0 Å². The van der Waals surface area contributed by atoms with Gasteiger partial charge in [-0.1, -0.05) is 41.9 Å². The Morgan fingerprint density at radius 2 is 1.67 bits per heavy atom. The van der Waals surface area contributed by atoms with Gasteiger partial charge >= 0.3 is 5.97 Å². The van der Waals surface area contributed by atoms with E-state index in [1.54, 1.807) is 6.08 Å². The molecule has 3 aromatic carbocycles. The summed E-state index contributed by atoms with van der Waals surface area (Å²) in [5, 5.41) is 0.682. The fraction of sp³-hybridized carbons (Fsp3) is 0.0435. The van der Waals surface area contributed by atoms with Crippen molar-refractivity contribution in [1.29, 1.82) is 0 Å². The first-order chi connectivity index (χ1) is 14.5. The molecule has 0 fully saturated rings. The van der Waals surface area contributed by atoms with Crippen LogP contribution in [0.25, 0.3) is 6.08 Å². The SMILES string of the molecule is O=C1OC(c2ccccc2)=N/C1=C\c1cc(Br)c(OCc2ccc(Cl)cc2)c(Br)c1. The first-order valence-electron chi connectivity index (χ1n) is 8.94. The average molecular weight is 548 g/mol. The maximum Gasteiger partial charge on any atom is 0.363 e. The molecule has 0 aromatic heterocycles. The smallest absolute Gasteiger partial charge is 0.363 e. The molecule has 0 amide bonds. The Morgan fingerprint density at radius 1 is 1.00 bits per heavy atom. The topological polar surface area (TPSA) is 47.9 Å². The van der Waals surface area contributed by atoms with Crippen molar-refractivity contribution in [2.24, 2.45) is 4.99 Å². The standard InChI is InChI=1S/C23H14Br2ClNO3/c24-18-10-15(11-19(25)21(18)29-13-14-6-8-17(26)9-7-14)12-20-23(28)30-22(27-20)16-4-2-1-3-5-16/h1-12H,13H2/b20-12-. The van der Waals surface area contributed by atoms with Crippen LogP contribution in [0.1, 0.15) is 16.7 Å². The Bertz CT molecular complexity index is 1140. The maximum atomic E-state index is 12.2. The Kier molecular flexibility index (Phi) is 6.37. The zero-order valence-corrected chi connectivity index (χ0v) is 19.4. The lowest BCUT2D eigenvalue weighted by Gasteiger charge is -2.11. The summed E-state index contributed by atoms with van der Waals surface area (Å²) in [5.41, 5.74) is 2.77. The van der Waals surface area contributed by atoms with E-state index in [0.29, 0.717) is 23.3 Å². The summed E-state index contributed by atoms with van der Waals surface area (Å²) >= 11 is 13.0. The summed E-state index contributed by atoms with van der Waals surface area (Å²) in [6.07, 6.45) is 1.68. The van der Waals surface area contributed by atoms with Crippen LogP contribution in [0.4, 0.5) is 0 Å². The third-order valence-electron chi connectivity index (χ3n) is 4.26. The molecule has 0 saturated heterocycles. The number of hydrogen-bond donors (Lipinski definition) is 0. The second-order valence-corrected chi connectivity index (χ2v) is 8.58. The average Bonchev–Trinajstić information content (AvgIpc) is 3.10. The molecule has 0 bridgehead atoms. The van der Waals surface area contributed by atoms with Gasteiger partial charge in [0.15, 0.2) is 5.70 Å². The number of cyclic esters (lactones) is 1. The lowest BCUT2D eigenvalue weighted by atomic mass is 10.2. The molecule has 150 valence electrons. The Morgan fingerprint density at radius 3 is 2.33 bits per heavy atom. The van der Waals surface area contributed by atoms with E-state index in [-0.39, 0.29) is 5.70 Å². The van der Waals surface area contributed by atoms with Gasteiger partial charge in [-0.05, 0) is 85.5 Å². The fourth-order valence-electron chi connectivity index (χ4n) is 2.81. The van der Waals surface area contributed by atoms with E-state index in [0.717, 1.165) is 25.6 Å². The van der Waals surface area contributed by atoms with Crippen LogP contribution >= 0.6 is 43.5 Å². The highest BCUT2D eigenvalue weighted by atomic mass is 79.9. The van der Waals surface area contributed by atoms with Crippen molar-refractivity contribution in [1.82, 2.24) is 0 Å². The number of esters is 1. The summed E-state index contributed by atoms with van der Waals surface area (Å²) in [4.78, 5) is 16.6. The van der Waals surface area contributed by atoms with E-state index in [4.69, 9.17) is 21.1 Å². The molecule has 30 heavy (non-hydrogen) atoms. The second-order valence-electron chi connectivity index (χ2n) is 6.43. The molecule has 0 aliphatic carbocycles. The Hall–Kier alpha value is -2.41. The van der Waals surface area contributed by atoms with Gasteiger partial charge in [0.05, 0.1) is 8.95 Å². The van der Waals surface area contributed by atoms with Crippen molar-refractivity contribution < 1.29 is 14.3 Å². The summed E-state index contributed by atoms with van der Waals surface area (Å²) in [5.74, 6) is 0.478. The first kappa shape index (κ1) is 20.8. The zero-order chi connectivity index (χ0) is 21.1. The lowest BCUT2D eigenvalue weighted by molar-refractivity contribution is -0.129. The molecule has 0 spiro atoms. The summed E-state index contributed by atoms with van der Waals surface area (Å²) in [6.45, 7) is 0.395. The van der Waals surface area contributed by atoms with E-state index >= 15 is 0 Å². The predicted octanol–water partition coefficient (Wildman–Crippen LogP) is 6.79. The number of aliphatic imine (C=N–C) groups is 1. The zero-order valence-electron chi connectivity index (χ0n) is 15.4. The van der Waals surface area contributed by atoms with Crippen LogP contribution in [-0.4, -0.2) is 11.9 Å². The number of hydrogen-bond acceptors (Lipinski definition) is 4. The van der Waals surface area contributed by atoms with Crippen LogP contribution in [0, 0.1) is 0 Å². The van der Waals surface area contributed by atoms with Crippen molar-refractivity contribution in [3.63, 3.8) is 0 Å². The molecule has 4 nitrogen and oxygen atoms in total. The van der Waals surface area contributed by atoms with E-state index in [1.165, 1.54) is 0 Å². The molecule has 1 aliphatic rings. The minimum Gasteiger partial charge on any atom is -0.487 e. The molecular weight excluding hydrogens is 534 g/mol. The largest absolute Gasteiger partial charge is 0.487 e. The Labute approximate surface area is 195 Å². The molecule has 0 radical (unpaired) electrons. The molecular formula is C23H14Br2ClNO3. The molecule has 0 unspecified atom stereocenters. The highest BCUT2D eigenvalue weighted by Gasteiger charge is 2.24. The van der Waals surface area contributed by atoms with Gasteiger partial charge in [0.1, 0.15) is 12.4 Å². The van der Waals surface area contributed by atoms with Gasteiger partial charge in [-0.25, -0.2) is 9.79 Å². The van der Waals surface area contributed by atoms with Crippen molar-refractivity contribution in [3.05, 3.63) is 103 Å². The number of nitrogens with zero attached hydrogens (tertiary/aromatic N) is 1. The molecule has 3 aromatic rings. The van der Waals surface area contributed by atoms with Crippen molar-refractivity contribution in [2.75, 3.05) is 0 Å².